The third-order valence-corrected chi connectivity index (χ3v) is 4.84. The molecule has 0 radical (unpaired) electrons. The number of hydrogen-bond donors (Lipinski definition) is 2. The van der Waals surface area contributed by atoms with Gasteiger partial charge in [0.2, 0.25) is 0 Å². The van der Waals surface area contributed by atoms with E-state index in [-0.39, 0.29) is 0 Å². The number of unbranched alkanes of at least 4 members (excludes halogenated alkanes) is 3. The molecular formula is C15H22ClNOS. The smallest absolute Gasteiger partial charge is 0.0431 e. The second kappa shape index (κ2) is 8.15. The van der Waals surface area contributed by atoms with Crippen LogP contribution in [0.15, 0.2) is 23.1 Å². The van der Waals surface area contributed by atoms with Crippen LogP contribution in [0.25, 0.3) is 0 Å². The number of rotatable bonds is 7. The van der Waals surface area contributed by atoms with E-state index >= 15 is 0 Å². The molecule has 1 aromatic carbocycles. The second-order valence-corrected chi connectivity index (χ2v) is 6.54. The zero-order valence-corrected chi connectivity index (χ0v) is 12.8. The van der Waals surface area contributed by atoms with Crippen LogP contribution in [-0.4, -0.2) is 24.0 Å². The van der Waals surface area contributed by atoms with Gasteiger partial charge in [0.15, 0.2) is 0 Å². The second-order valence-electron chi connectivity index (χ2n) is 4.96. The number of hydrogen-bond acceptors (Lipinski definition) is 3. The molecule has 1 aliphatic heterocycles. The Balaban J connectivity index is 1.80. The van der Waals surface area contributed by atoms with Crippen molar-refractivity contribution in [3.63, 3.8) is 0 Å². The molecule has 0 saturated heterocycles. The van der Waals surface area contributed by atoms with Crippen molar-refractivity contribution < 1.29 is 5.11 Å². The summed E-state index contributed by atoms with van der Waals surface area (Å²) >= 11 is 8.02. The van der Waals surface area contributed by atoms with E-state index in [2.05, 4.69) is 17.4 Å². The zero-order valence-electron chi connectivity index (χ0n) is 11.2. The van der Waals surface area contributed by atoms with Crippen LogP contribution in [0, 0.1) is 0 Å². The average Bonchev–Trinajstić information content (AvgIpc) is 2.43. The van der Waals surface area contributed by atoms with Crippen LogP contribution in [0.1, 0.15) is 43.7 Å². The first-order chi connectivity index (χ1) is 9.31. The Morgan fingerprint density at radius 3 is 2.95 bits per heavy atom. The Morgan fingerprint density at radius 2 is 2.11 bits per heavy atom. The molecular weight excluding hydrogens is 278 g/mol. The molecule has 0 amide bonds. The summed E-state index contributed by atoms with van der Waals surface area (Å²) in [6.45, 7) is 1.37. The highest BCUT2D eigenvalue weighted by Crippen LogP contribution is 2.37. The lowest BCUT2D eigenvalue weighted by Crippen LogP contribution is -2.25. The van der Waals surface area contributed by atoms with Crippen LogP contribution in [0.5, 0.6) is 0 Å². The van der Waals surface area contributed by atoms with Crippen molar-refractivity contribution >= 4 is 23.4 Å². The SMILES string of the molecule is OCCCCCCNC1CCSc2ccc(Cl)cc21. The quantitative estimate of drug-likeness (QED) is 0.746. The summed E-state index contributed by atoms with van der Waals surface area (Å²) in [6, 6.07) is 6.67. The van der Waals surface area contributed by atoms with E-state index in [4.69, 9.17) is 16.7 Å². The van der Waals surface area contributed by atoms with Gasteiger partial charge in [-0.2, -0.15) is 0 Å². The summed E-state index contributed by atoms with van der Waals surface area (Å²) in [7, 11) is 0. The highest BCUT2D eigenvalue weighted by atomic mass is 35.5. The number of aliphatic hydroxyl groups is 1. The molecule has 2 rings (SSSR count). The average molecular weight is 300 g/mol. The van der Waals surface area contributed by atoms with E-state index in [0.717, 1.165) is 24.4 Å². The summed E-state index contributed by atoms with van der Waals surface area (Å²) in [5.41, 5.74) is 1.36. The molecule has 0 bridgehead atoms. The molecule has 1 aliphatic rings. The van der Waals surface area contributed by atoms with Crippen molar-refractivity contribution in [3.8, 4) is 0 Å². The van der Waals surface area contributed by atoms with Crippen LogP contribution < -0.4 is 5.32 Å². The van der Waals surface area contributed by atoms with E-state index < -0.39 is 0 Å². The molecule has 1 heterocycles. The van der Waals surface area contributed by atoms with Crippen LogP contribution in [0.4, 0.5) is 0 Å². The third-order valence-electron chi connectivity index (χ3n) is 3.49. The summed E-state index contributed by atoms with van der Waals surface area (Å²) in [6.07, 6.45) is 5.60. The first-order valence-electron chi connectivity index (χ1n) is 7.08. The summed E-state index contributed by atoms with van der Waals surface area (Å²) in [5.74, 6) is 1.18. The lowest BCUT2D eigenvalue weighted by atomic mass is 10.0. The Labute approximate surface area is 124 Å². The summed E-state index contributed by atoms with van der Waals surface area (Å²) < 4.78 is 0. The Morgan fingerprint density at radius 1 is 1.26 bits per heavy atom. The lowest BCUT2D eigenvalue weighted by Gasteiger charge is -2.26. The Hall–Kier alpha value is -0.220. The van der Waals surface area contributed by atoms with Crippen molar-refractivity contribution in [2.75, 3.05) is 18.9 Å². The molecule has 0 aromatic heterocycles. The fraction of sp³-hybridized carbons (Fsp3) is 0.600. The number of halogens is 1. The fourth-order valence-electron chi connectivity index (χ4n) is 2.44. The summed E-state index contributed by atoms with van der Waals surface area (Å²) in [4.78, 5) is 1.37. The van der Waals surface area contributed by atoms with Crippen LogP contribution >= 0.6 is 23.4 Å². The van der Waals surface area contributed by atoms with Gasteiger partial charge in [-0.1, -0.05) is 24.4 Å². The van der Waals surface area contributed by atoms with Crippen LogP contribution in [0.2, 0.25) is 5.02 Å². The van der Waals surface area contributed by atoms with E-state index in [1.54, 1.807) is 0 Å². The number of benzene rings is 1. The minimum absolute atomic E-state index is 0.319. The molecule has 1 unspecified atom stereocenters. The predicted octanol–water partition coefficient (Wildman–Crippen LogP) is 4.02. The molecule has 2 N–H and O–H groups in total. The fourth-order valence-corrected chi connectivity index (χ4v) is 3.73. The molecule has 106 valence electrons. The first kappa shape index (κ1) is 15.2. The molecule has 4 heteroatoms. The van der Waals surface area contributed by atoms with Crippen molar-refractivity contribution in [2.24, 2.45) is 0 Å². The largest absolute Gasteiger partial charge is 0.396 e. The monoisotopic (exact) mass is 299 g/mol. The van der Waals surface area contributed by atoms with Crippen LogP contribution in [-0.2, 0) is 0 Å². The van der Waals surface area contributed by atoms with Gasteiger partial charge in [0.1, 0.15) is 0 Å². The Kier molecular flexibility index (Phi) is 6.51. The number of thioether (sulfide) groups is 1. The zero-order chi connectivity index (χ0) is 13.5. The van der Waals surface area contributed by atoms with E-state index in [1.807, 2.05) is 17.8 Å². The number of nitrogens with one attached hydrogen (secondary N) is 1. The minimum Gasteiger partial charge on any atom is -0.396 e. The topological polar surface area (TPSA) is 32.3 Å². The molecule has 2 nitrogen and oxygen atoms in total. The van der Waals surface area contributed by atoms with Crippen LogP contribution in [0.3, 0.4) is 0 Å². The highest BCUT2D eigenvalue weighted by molar-refractivity contribution is 7.99. The normalized spacial score (nSPS) is 18.3. The van der Waals surface area contributed by atoms with E-state index in [1.165, 1.54) is 35.5 Å². The van der Waals surface area contributed by atoms with Crippen molar-refractivity contribution in [3.05, 3.63) is 28.8 Å². The minimum atomic E-state index is 0.319. The van der Waals surface area contributed by atoms with E-state index in [0.29, 0.717) is 12.6 Å². The predicted molar refractivity (Wildman–Crippen MR) is 83.1 cm³/mol. The lowest BCUT2D eigenvalue weighted by molar-refractivity contribution is 0.282. The maximum Gasteiger partial charge on any atom is 0.0431 e. The van der Waals surface area contributed by atoms with Gasteiger partial charge in [-0.05, 0) is 55.3 Å². The molecule has 1 atom stereocenters. The van der Waals surface area contributed by atoms with Gasteiger partial charge in [-0.25, -0.2) is 0 Å². The van der Waals surface area contributed by atoms with Crippen molar-refractivity contribution in [2.45, 2.75) is 43.0 Å². The molecule has 1 aromatic rings. The van der Waals surface area contributed by atoms with E-state index in [9.17, 15) is 0 Å². The number of aliphatic hydroxyl groups excluding tert-OH is 1. The molecule has 0 saturated carbocycles. The van der Waals surface area contributed by atoms with Gasteiger partial charge >= 0.3 is 0 Å². The standard InChI is InChI=1S/C15H22ClNOS/c16-12-5-6-15-13(11-12)14(7-10-19-15)17-8-3-1-2-4-9-18/h5-6,11,14,17-18H,1-4,7-10H2. The molecule has 0 fully saturated rings. The molecule has 0 aliphatic carbocycles. The van der Waals surface area contributed by atoms with Gasteiger partial charge in [0.25, 0.3) is 0 Å². The van der Waals surface area contributed by atoms with Crippen molar-refractivity contribution in [1.29, 1.82) is 0 Å². The van der Waals surface area contributed by atoms with Crippen molar-refractivity contribution in [1.82, 2.24) is 5.32 Å². The van der Waals surface area contributed by atoms with Gasteiger partial charge in [0, 0.05) is 22.6 Å². The third kappa shape index (κ3) is 4.67. The number of fused-ring (bicyclic) bond motifs is 1. The maximum atomic E-state index is 8.73. The first-order valence-corrected chi connectivity index (χ1v) is 8.44. The van der Waals surface area contributed by atoms with Gasteiger partial charge in [0.05, 0.1) is 0 Å². The van der Waals surface area contributed by atoms with Gasteiger partial charge < -0.3 is 10.4 Å². The Bertz CT molecular complexity index is 400. The summed E-state index contributed by atoms with van der Waals surface area (Å²) in [5, 5.41) is 13.2. The molecule has 0 spiro atoms. The maximum absolute atomic E-state index is 8.73. The highest BCUT2D eigenvalue weighted by Gasteiger charge is 2.20. The van der Waals surface area contributed by atoms with Gasteiger partial charge in [-0.3, -0.25) is 0 Å². The van der Waals surface area contributed by atoms with Gasteiger partial charge in [-0.15, -0.1) is 11.8 Å². The molecule has 19 heavy (non-hydrogen) atoms.